The number of anilines is 2. The molecule has 0 aliphatic heterocycles. The summed E-state index contributed by atoms with van der Waals surface area (Å²) >= 11 is 7.01. The number of hydrogen-bond donors (Lipinski definition) is 3. The normalized spacial score (nSPS) is 10.3. The summed E-state index contributed by atoms with van der Waals surface area (Å²) in [5, 5.41) is 2.73. The number of rotatable bonds is 3. The van der Waals surface area contributed by atoms with E-state index in [2.05, 4.69) is 10.3 Å². The molecule has 5 nitrogen and oxygen atoms in total. The first kappa shape index (κ1) is 12.7. The minimum Gasteiger partial charge on any atom is -0.397 e. The van der Waals surface area contributed by atoms with Crippen molar-refractivity contribution in [1.29, 1.82) is 0 Å². The lowest BCUT2D eigenvalue weighted by molar-refractivity contribution is 0.0952. The van der Waals surface area contributed by atoms with Gasteiger partial charge in [-0.3, -0.25) is 4.79 Å². The molecule has 0 saturated carbocycles. The summed E-state index contributed by atoms with van der Waals surface area (Å²) < 4.78 is 0.447. The predicted octanol–water partition coefficient (Wildman–Crippen LogP) is 1.89. The molecule has 2 rings (SSSR count). The van der Waals surface area contributed by atoms with E-state index in [1.54, 1.807) is 24.4 Å². The Labute approximate surface area is 113 Å². The molecule has 0 atom stereocenters. The average molecular weight is 283 g/mol. The Morgan fingerprint density at radius 2 is 2.22 bits per heavy atom. The lowest BCUT2D eigenvalue weighted by Gasteiger charge is -2.08. The molecule has 7 heteroatoms. The number of nitrogens with zero attached hydrogens (tertiary/aromatic N) is 1. The summed E-state index contributed by atoms with van der Waals surface area (Å²) in [6.45, 7) is 0.359. The highest BCUT2D eigenvalue weighted by Gasteiger charge is 2.11. The standard InChI is InChI=1S/C11H11ClN4OS/c12-11-16-5-6(18-11)4-15-10(17)7-2-1-3-8(13)9(7)14/h1-3,5H,4,13-14H2,(H,15,17). The van der Waals surface area contributed by atoms with Crippen LogP contribution in [0.15, 0.2) is 24.4 Å². The van der Waals surface area contributed by atoms with E-state index < -0.39 is 0 Å². The Kier molecular flexibility index (Phi) is 3.69. The molecule has 1 heterocycles. The van der Waals surface area contributed by atoms with Crippen LogP contribution in [0.1, 0.15) is 15.2 Å². The number of thiazole rings is 1. The SMILES string of the molecule is Nc1cccc(C(=O)NCc2cnc(Cl)s2)c1N. The molecule has 0 radical (unpaired) electrons. The van der Waals surface area contributed by atoms with E-state index in [1.165, 1.54) is 11.3 Å². The summed E-state index contributed by atoms with van der Waals surface area (Å²) in [5.74, 6) is -0.274. The molecule has 1 aromatic carbocycles. The third-order valence-corrected chi connectivity index (χ3v) is 3.45. The minimum absolute atomic E-state index is 0.274. The highest BCUT2D eigenvalue weighted by atomic mass is 35.5. The summed E-state index contributed by atoms with van der Waals surface area (Å²) in [6, 6.07) is 4.96. The van der Waals surface area contributed by atoms with Gasteiger partial charge in [0.25, 0.3) is 5.91 Å². The highest BCUT2D eigenvalue weighted by Crippen LogP contribution is 2.20. The fourth-order valence-corrected chi connectivity index (χ4v) is 2.33. The van der Waals surface area contributed by atoms with Gasteiger partial charge in [-0.1, -0.05) is 17.7 Å². The largest absolute Gasteiger partial charge is 0.397 e. The van der Waals surface area contributed by atoms with Crippen molar-refractivity contribution in [3.8, 4) is 0 Å². The molecule has 2 aromatic rings. The number of para-hydroxylation sites is 1. The molecule has 94 valence electrons. The summed E-state index contributed by atoms with van der Waals surface area (Å²) in [5.41, 5.74) is 12.4. The molecular weight excluding hydrogens is 272 g/mol. The molecule has 0 spiro atoms. The number of carbonyl (C=O) groups is 1. The number of halogens is 1. The summed E-state index contributed by atoms with van der Waals surface area (Å²) in [7, 11) is 0. The Bertz CT molecular complexity index is 584. The van der Waals surface area contributed by atoms with E-state index >= 15 is 0 Å². The lowest BCUT2D eigenvalue weighted by atomic mass is 10.1. The first-order chi connectivity index (χ1) is 8.58. The van der Waals surface area contributed by atoms with E-state index in [4.69, 9.17) is 23.1 Å². The van der Waals surface area contributed by atoms with Gasteiger partial charge in [0.15, 0.2) is 4.47 Å². The molecule has 18 heavy (non-hydrogen) atoms. The van der Waals surface area contributed by atoms with Gasteiger partial charge in [0.2, 0.25) is 0 Å². The van der Waals surface area contributed by atoms with Gasteiger partial charge in [-0.15, -0.1) is 11.3 Å². The van der Waals surface area contributed by atoms with Crippen LogP contribution in [0, 0.1) is 0 Å². The second-order valence-corrected chi connectivity index (χ2v) is 5.27. The Morgan fingerprint density at radius 1 is 1.44 bits per heavy atom. The first-order valence-corrected chi connectivity index (χ1v) is 6.29. The van der Waals surface area contributed by atoms with Gasteiger partial charge in [0, 0.05) is 11.1 Å². The molecule has 1 aromatic heterocycles. The Balaban J connectivity index is 2.06. The number of amides is 1. The van der Waals surface area contributed by atoms with Crippen molar-refractivity contribution in [2.75, 3.05) is 11.5 Å². The minimum atomic E-state index is -0.274. The van der Waals surface area contributed by atoms with Crippen molar-refractivity contribution in [1.82, 2.24) is 10.3 Å². The average Bonchev–Trinajstić information content (AvgIpc) is 2.76. The lowest BCUT2D eigenvalue weighted by Crippen LogP contribution is -2.23. The van der Waals surface area contributed by atoms with E-state index in [-0.39, 0.29) is 11.6 Å². The van der Waals surface area contributed by atoms with Gasteiger partial charge in [-0.25, -0.2) is 4.98 Å². The van der Waals surface area contributed by atoms with Gasteiger partial charge in [-0.05, 0) is 12.1 Å². The van der Waals surface area contributed by atoms with Crippen LogP contribution in [0.2, 0.25) is 4.47 Å². The Hall–Kier alpha value is -1.79. The molecule has 0 fully saturated rings. The fourth-order valence-electron chi connectivity index (χ4n) is 1.41. The number of hydrogen-bond acceptors (Lipinski definition) is 5. The van der Waals surface area contributed by atoms with E-state index in [1.807, 2.05) is 0 Å². The maximum atomic E-state index is 11.9. The molecule has 0 bridgehead atoms. The van der Waals surface area contributed by atoms with Crippen molar-refractivity contribution in [2.24, 2.45) is 0 Å². The molecule has 0 unspecified atom stereocenters. The van der Waals surface area contributed by atoms with Crippen LogP contribution in [0.5, 0.6) is 0 Å². The zero-order chi connectivity index (χ0) is 13.1. The quantitative estimate of drug-likeness (QED) is 0.749. The zero-order valence-corrected chi connectivity index (χ0v) is 10.9. The summed E-state index contributed by atoms with van der Waals surface area (Å²) in [4.78, 5) is 16.7. The van der Waals surface area contributed by atoms with Gasteiger partial charge in [0.05, 0.1) is 23.5 Å². The van der Waals surface area contributed by atoms with Gasteiger partial charge in [0.1, 0.15) is 0 Å². The van der Waals surface area contributed by atoms with Crippen molar-refractivity contribution in [2.45, 2.75) is 6.54 Å². The van der Waals surface area contributed by atoms with Crippen LogP contribution in [-0.2, 0) is 6.54 Å². The van der Waals surface area contributed by atoms with Crippen LogP contribution < -0.4 is 16.8 Å². The van der Waals surface area contributed by atoms with Crippen molar-refractivity contribution in [3.63, 3.8) is 0 Å². The van der Waals surface area contributed by atoms with Gasteiger partial charge >= 0.3 is 0 Å². The zero-order valence-electron chi connectivity index (χ0n) is 9.31. The molecule has 0 aliphatic rings. The monoisotopic (exact) mass is 282 g/mol. The van der Waals surface area contributed by atoms with Crippen molar-refractivity contribution >= 4 is 40.2 Å². The topological polar surface area (TPSA) is 94.0 Å². The predicted molar refractivity (Wildman–Crippen MR) is 73.6 cm³/mol. The van der Waals surface area contributed by atoms with E-state index in [9.17, 15) is 4.79 Å². The number of carbonyl (C=O) groups excluding carboxylic acids is 1. The molecular formula is C11H11ClN4OS. The molecule has 1 amide bonds. The molecule has 0 saturated heterocycles. The van der Waals surface area contributed by atoms with Crippen LogP contribution in [0.4, 0.5) is 11.4 Å². The first-order valence-electron chi connectivity index (χ1n) is 5.10. The molecule has 5 N–H and O–H groups in total. The van der Waals surface area contributed by atoms with Crippen LogP contribution in [-0.4, -0.2) is 10.9 Å². The van der Waals surface area contributed by atoms with Crippen molar-refractivity contribution < 1.29 is 4.79 Å². The van der Waals surface area contributed by atoms with Crippen LogP contribution in [0.25, 0.3) is 0 Å². The van der Waals surface area contributed by atoms with Crippen molar-refractivity contribution in [3.05, 3.63) is 39.3 Å². The smallest absolute Gasteiger partial charge is 0.253 e. The fraction of sp³-hybridized carbons (Fsp3) is 0.0909. The number of nitrogen functional groups attached to an aromatic ring is 2. The number of aromatic nitrogens is 1. The molecule has 0 aliphatic carbocycles. The number of benzene rings is 1. The van der Waals surface area contributed by atoms with E-state index in [0.717, 1.165) is 4.88 Å². The number of nitrogens with two attached hydrogens (primary N) is 2. The van der Waals surface area contributed by atoms with Crippen LogP contribution in [0.3, 0.4) is 0 Å². The summed E-state index contributed by atoms with van der Waals surface area (Å²) in [6.07, 6.45) is 1.62. The second-order valence-electron chi connectivity index (χ2n) is 3.57. The third-order valence-electron chi connectivity index (χ3n) is 2.33. The maximum absolute atomic E-state index is 11.9. The van der Waals surface area contributed by atoms with Crippen LogP contribution >= 0.6 is 22.9 Å². The van der Waals surface area contributed by atoms with E-state index in [0.29, 0.717) is 22.3 Å². The van der Waals surface area contributed by atoms with Gasteiger partial charge in [-0.2, -0.15) is 0 Å². The van der Waals surface area contributed by atoms with Gasteiger partial charge < -0.3 is 16.8 Å². The third kappa shape index (κ3) is 2.72. The highest BCUT2D eigenvalue weighted by molar-refractivity contribution is 7.15. The number of nitrogens with one attached hydrogen (secondary N) is 1. The maximum Gasteiger partial charge on any atom is 0.253 e. The Morgan fingerprint density at radius 3 is 2.89 bits per heavy atom. The second kappa shape index (κ2) is 5.24.